The first-order valence-corrected chi connectivity index (χ1v) is 9.41. The minimum atomic E-state index is -0.722. The highest BCUT2D eigenvalue weighted by Gasteiger charge is 2.14. The predicted molar refractivity (Wildman–Crippen MR) is 108 cm³/mol. The smallest absolute Gasteiger partial charge is 0.325 e. The Morgan fingerprint density at radius 3 is 2.57 bits per heavy atom. The Bertz CT molecular complexity index is 869. The van der Waals surface area contributed by atoms with E-state index in [2.05, 4.69) is 26.6 Å². The van der Waals surface area contributed by atoms with Gasteiger partial charge >= 0.3 is 5.97 Å². The number of nitrogens with one attached hydrogen (secondary N) is 2. The number of carbonyl (C=O) groups excluding carboxylic acids is 3. The number of carbonyl (C=O) groups is 3. The zero-order chi connectivity index (χ0) is 20.5. The van der Waals surface area contributed by atoms with E-state index in [4.69, 9.17) is 9.47 Å². The third kappa shape index (κ3) is 6.38. The molecule has 2 aromatic rings. The summed E-state index contributed by atoms with van der Waals surface area (Å²) in [6.07, 6.45) is 0. The summed E-state index contributed by atoms with van der Waals surface area (Å²) in [5.41, 5.74) is 1.93. The molecule has 0 aliphatic rings. The maximum absolute atomic E-state index is 12.2. The first kappa shape index (κ1) is 21.4. The fourth-order valence-electron chi connectivity index (χ4n) is 2.29. The summed E-state index contributed by atoms with van der Waals surface area (Å²) >= 11 is 3.36. The molecule has 0 radical (unpaired) electrons. The van der Waals surface area contributed by atoms with E-state index < -0.39 is 24.4 Å². The maximum Gasteiger partial charge on any atom is 0.325 e. The highest BCUT2D eigenvalue weighted by molar-refractivity contribution is 9.10. The molecular weight excluding hydrogens is 428 g/mol. The molecule has 0 bridgehead atoms. The standard InChI is InChI=1S/C20H21BrN2O5/c1-3-27-17-7-5-4-6-14(17)20(26)22-11-19(25)28-12-18(24)23-16-9-8-13(2)10-15(16)21/h4-10H,3,11-12H2,1-2H3,(H,22,26)(H,23,24). The van der Waals surface area contributed by atoms with Crippen LogP contribution in [0.3, 0.4) is 0 Å². The van der Waals surface area contributed by atoms with Crippen LogP contribution in [0.2, 0.25) is 0 Å². The third-order valence-corrected chi connectivity index (χ3v) is 4.24. The maximum atomic E-state index is 12.2. The zero-order valence-corrected chi connectivity index (χ0v) is 17.2. The molecule has 0 spiro atoms. The molecule has 2 aromatic carbocycles. The van der Waals surface area contributed by atoms with Gasteiger partial charge in [-0.1, -0.05) is 18.2 Å². The summed E-state index contributed by atoms with van der Waals surface area (Å²) < 4.78 is 11.0. The van der Waals surface area contributed by atoms with Gasteiger partial charge in [0.25, 0.3) is 11.8 Å². The van der Waals surface area contributed by atoms with Crippen molar-refractivity contribution in [1.29, 1.82) is 0 Å². The van der Waals surface area contributed by atoms with Crippen molar-refractivity contribution in [2.45, 2.75) is 13.8 Å². The number of ether oxygens (including phenoxy) is 2. The molecule has 0 unspecified atom stereocenters. The lowest BCUT2D eigenvalue weighted by molar-refractivity contribution is -0.146. The molecule has 0 fully saturated rings. The van der Waals surface area contributed by atoms with Crippen molar-refractivity contribution in [3.63, 3.8) is 0 Å². The van der Waals surface area contributed by atoms with Gasteiger partial charge in [0.15, 0.2) is 6.61 Å². The van der Waals surface area contributed by atoms with Crippen LogP contribution in [0.4, 0.5) is 5.69 Å². The Hall–Kier alpha value is -2.87. The first-order valence-electron chi connectivity index (χ1n) is 8.62. The lowest BCUT2D eigenvalue weighted by Gasteiger charge is -2.11. The average molecular weight is 449 g/mol. The van der Waals surface area contributed by atoms with Crippen molar-refractivity contribution in [1.82, 2.24) is 5.32 Å². The fourth-order valence-corrected chi connectivity index (χ4v) is 2.88. The zero-order valence-electron chi connectivity index (χ0n) is 15.6. The minimum Gasteiger partial charge on any atom is -0.493 e. The van der Waals surface area contributed by atoms with Crippen LogP contribution in [0, 0.1) is 6.92 Å². The number of hydrogen-bond donors (Lipinski definition) is 2. The second-order valence-corrected chi connectivity index (χ2v) is 6.66. The number of aryl methyl sites for hydroxylation is 1. The van der Waals surface area contributed by atoms with Crippen LogP contribution in [0.25, 0.3) is 0 Å². The number of anilines is 1. The molecular formula is C20H21BrN2O5. The fraction of sp³-hybridized carbons (Fsp3) is 0.250. The Kier molecular flexibility index (Phi) is 8.01. The lowest BCUT2D eigenvalue weighted by Crippen LogP contribution is -2.32. The van der Waals surface area contributed by atoms with Crippen molar-refractivity contribution < 1.29 is 23.9 Å². The summed E-state index contributed by atoms with van der Waals surface area (Å²) in [5.74, 6) is -1.24. The van der Waals surface area contributed by atoms with E-state index in [1.54, 1.807) is 30.3 Å². The van der Waals surface area contributed by atoms with Crippen LogP contribution >= 0.6 is 15.9 Å². The Labute approximate surface area is 171 Å². The van der Waals surface area contributed by atoms with Crippen molar-refractivity contribution in [2.75, 3.05) is 25.1 Å². The van der Waals surface area contributed by atoms with Gasteiger partial charge in [-0.2, -0.15) is 0 Å². The van der Waals surface area contributed by atoms with Gasteiger partial charge in [0, 0.05) is 4.47 Å². The number of para-hydroxylation sites is 1. The van der Waals surface area contributed by atoms with Crippen LogP contribution in [0.1, 0.15) is 22.8 Å². The quantitative estimate of drug-likeness (QED) is 0.605. The molecule has 0 aliphatic carbocycles. The normalized spacial score (nSPS) is 10.1. The summed E-state index contributed by atoms with van der Waals surface area (Å²) in [4.78, 5) is 35.9. The molecule has 8 heteroatoms. The van der Waals surface area contributed by atoms with Crippen molar-refractivity contribution in [3.8, 4) is 5.75 Å². The van der Waals surface area contributed by atoms with Crippen molar-refractivity contribution >= 4 is 39.4 Å². The van der Waals surface area contributed by atoms with Crippen molar-refractivity contribution in [2.24, 2.45) is 0 Å². The van der Waals surface area contributed by atoms with Gasteiger partial charge in [0.1, 0.15) is 12.3 Å². The third-order valence-electron chi connectivity index (χ3n) is 3.59. The molecule has 2 rings (SSSR count). The summed E-state index contributed by atoms with van der Waals surface area (Å²) in [6.45, 7) is 3.34. The molecule has 0 heterocycles. The number of halogens is 1. The molecule has 2 N–H and O–H groups in total. The number of amides is 2. The van der Waals surface area contributed by atoms with Gasteiger partial charge in [0.05, 0.1) is 17.9 Å². The van der Waals surface area contributed by atoms with E-state index in [0.29, 0.717) is 23.6 Å². The van der Waals surface area contributed by atoms with E-state index in [0.717, 1.165) is 10.0 Å². The van der Waals surface area contributed by atoms with Gasteiger partial charge in [-0.25, -0.2) is 0 Å². The number of hydrogen-bond acceptors (Lipinski definition) is 5. The Balaban J connectivity index is 1.79. The number of benzene rings is 2. The summed E-state index contributed by atoms with van der Waals surface area (Å²) in [7, 11) is 0. The highest BCUT2D eigenvalue weighted by Crippen LogP contribution is 2.23. The molecule has 0 saturated carbocycles. The molecule has 148 valence electrons. The van der Waals surface area contributed by atoms with E-state index >= 15 is 0 Å². The van der Waals surface area contributed by atoms with E-state index in [1.807, 2.05) is 26.0 Å². The molecule has 7 nitrogen and oxygen atoms in total. The highest BCUT2D eigenvalue weighted by atomic mass is 79.9. The minimum absolute atomic E-state index is 0.319. The number of rotatable bonds is 8. The molecule has 0 atom stereocenters. The van der Waals surface area contributed by atoms with E-state index in [9.17, 15) is 14.4 Å². The van der Waals surface area contributed by atoms with E-state index in [-0.39, 0.29) is 6.54 Å². The molecule has 0 aromatic heterocycles. The van der Waals surface area contributed by atoms with Crippen LogP contribution < -0.4 is 15.4 Å². The second-order valence-electron chi connectivity index (χ2n) is 5.80. The summed E-state index contributed by atoms with van der Waals surface area (Å²) in [5, 5.41) is 5.09. The molecule has 0 saturated heterocycles. The molecule has 28 heavy (non-hydrogen) atoms. The second kappa shape index (κ2) is 10.5. The van der Waals surface area contributed by atoms with Crippen LogP contribution in [0.5, 0.6) is 5.75 Å². The largest absolute Gasteiger partial charge is 0.493 e. The van der Waals surface area contributed by atoms with Gasteiger partial charge in [-0.15, -0.1) is 0 Å². The van der Waals surface area contributed by atoms with Crippen LogP contribution in [-0.4, -0.2) is 37.5 Å². The van der Waals surface area contributed by atoms with Gasteiger partial charge in [-0.3, -0.25) is 14.4 Å². The SMILES string of the molecule is CCOc1ccccc1C(=O)NCC(=O)OCC(=O)Nc1ccc(C)cc1Br. The van der Waals surface area contributed by atoms with Crippen molar-refractivity contribution in [3.05, 3.63) is 58.1 Å². The topological polar surface area (TPSA) is 93.7 Å². The molecule has 0 aliphatic heterocycles. The van der Waals surface area contributed by atoms with E-state index in [1.165, 1.54) is 0 Å². The first-order chi connectivity index (χ1) is 13.4. The monoisotopic (exact) mass is 448 g/mol. The average Bonchev–Trinajstić information content (AvgIpc) is 2.67. The van der Waals surface area contributed by atoms with Gasteiger partial charge < -0.3 is 20.1 Å². The molecule has 2 amide bonds. The van der Waals surface area contributed by atoms with Crippen LogP contribution in [0.15, 0.2) is 46.9 Å². The van der Waals surface area contributed by atoms with Crippen LogP contribution in [-0.2, 0) is 14.3 Å². The predicted octanol–water partition coefficient (Wildman–Crippen LogP) is 3.07. The Morgan fingerprint density at radius 1 is 1.11 bits per heavy atom. The lowest BCUT2D eigenvalue weighted by atomic mass is 10.2. The number of esters is 1. The van der Waals surface area contributed by atoms with Gasteiger partial charge in [-0.05, 0) is 59.6 Å². The van der Waals surface area contributed by atoms with Gasteiger partial charge in [0.2, 0.25) is 0 Å². The summed E-state index contributed by atoms with van der Waals surface area (Å²) in [6, 6.07) is 12.2. The Morgan fingerprint density at radius 2 is 1.86 bits per heavy atom.